The average Bonchev–Trinajstić information content (AvgIpc) is 3.11. The summed E-state index contributed by atoms with van der Waals surface area (Å²) in [5, 5.41) is -0.289. The summed E-state index contributed by atoms with van der Waals surface area (Å²) in [4.78, 5) is 0. The maximum atomic E-state index is 13.1. The lowest BCUT2D eigenvalue weighted by molar-refractivity contribution is -0.0710. The van der Waals surface area contributed by atoms with Gasteiger partial charge in [-0.15, -0.1) is 0 Å². The molecule has 172 valence electrons. The minimum absolute atomic E-state index is 0.0402. The third-order valence-electron chi connectivity index (χ3n) is 4.87. The molecule has 29 heavy (non-hydrogen) atoms. The van der Waals surface area contributed by atoms with Gasteiger partial charge < -0.3 is 18.9 Å². The van der Waals surface area contributed by atoms with Gasteiger partial charge in [0.05, 0.1) is 49.0 Å². The fraction of sp³-hybridized carbons (Fsp3) is 1.00. The molecule has 0 amide bonds. The lowest BCUT2D eigenvalue weighted by Crippen LogP contribution is -2.35. The summed E-state index contributed by atoms with van der Waals surface area (Å²) in [5.74, 6) is 0. The van der Waals surface area contributed by atoms with Crippen LogP contribution in [0.3, 0.4) is 0 Å². The minimum Gasteiger partial charge on any atom is -0.376 e. The number of rotatable bonds is 11. The zero-order chi connectivity index (χ0) is 21.8. The van der Waals surface area contributed by atoms with Crippen molar-refractivity contribution in [2.45, 2.75) is 102 Å². The summed E-state index contributed by atoms with van der Waals surface area (Å²) in [5.41, 5.74) is 0. The molecule has 2 aliphatic rings. The first-order valence-corrected chi connectivity index (χ1v) is 12.3. The van der Waals surface area contributed by atoms with E-state index in [1.54, 1.807) is 0 Å². The van der Waals surface area contributed by atoms with Crippen LogP contribution in [0.5, 0.6) is 0 Å². The smallest absolute Gasteiger partial charge is 0.376 e. The largest absolute Gasteiger partial charge is 0.475 e. The van der Waals surface area contributed by atoms with Gasteiger partial charge in [-0.05, 0) is 41.5 Å². The Labute approximate surface area is 180 Å². The summed E-state index contributed by atoms with van der Waals surface area (Å²) < 4.78 is 53.0. The minimum atomic E-state index is -3.85. The Morgan fingerprint density at radius 2 is 1.76 bits per heavy atom. The lowest BCUT2D eigenvalue weighted by Gasteiger charge is -2.27. The summed E-state index contributed by atoms with van der Waals surface area (Å²) in [6.07, 6.45) is -0.767. The first kappa shape index (κ1) is 25.6. The van der Waals surface area contributed by atoms with Gasteiger partial charge in [-0.3, -0.25) is 13.6 Å². The van der Waals surface area contributed by atoms with Crippen LogP contribution in [-0.2, 0) is 37.1 Å². The topological polar surface area (TPSA) is 81.7 Å². The third kappa shape index (κ3) is 7.44. The number of hydrogen-bond acceptors (Lipinski definition) is 9. The molecule has 0 bridgehead atoms. The van der Waals surface area contributed by atoms with Gasteiger partial charge in [-0.25, -0.2) is 4.57 Å². The van der Waals surface area contributed by atoms with Crippen molar-refractivity contribution in [2.24, 2.45) is 0 Å². The predicted molar refractivity (Wildman–Crippen MR) is 113 cm³/mol. The zero-order valence-electron chi connectivity index (χ0n) is 18.5. The van der Waals surface area contributed by atoms with Crippen LogP contribution < -0.4 is 0 Å². The Balaban J connectivity index is 1.99. The summed E-state index contributed by atoms with van der Waals surface area (Å²) >= 11 is 4.57. The molecule has 0 aromatic rings. The van der Waals surface area contributed by atoms with E-state index in [-0.39, 0.29) is 48.5 Å². The van der Waals surface area contributed by atoms with Crippen molar-refractivity contribution in [3.63, 3.8) is 0 Å². The number of thiol groups is 1. The van der Waals surface area contributed by atoms with Crippen molar-refractivity contribution >= 4 is 20.5 Å². The Morgan fingerprint density at radius 1 is 1.07 bits per heavy atom. The van der Waals surface area contributed by atoms with E-state index in [0.717, 1.165) is 6.42 Å². The quantitative estimate of drug-likeness (QED) is 0.373. The van der Waals surface area contributed by atoms with Gasteiger partial charge in [-0.2, -0.15) is 12.6 Å². The van der Waals surface area contributed by atoms with Crippen molar-refractivity contribution in [1.82, 2.24) is 0 Å². The zero-order valence-corrected chi connectivity index (χ0v) is 20.3. The second kappa shape index (κ2) is 11.2. The Morgan fingerprint density at radius 3 is 2.34 bits per heavy atom. The van der Waals surface area contributed by atoms with Crippen LogP contribution in [0.2, 0.25) is 0 Å². The van der Waals surface area contributed by atoms with Crippen LogP contribution >= 0.6 is 20.5 Å². The van der Waals surface area contributed by atoms with Gasteiger partial charge in [0.25, 0.3) is 0 Å². The highest BCUT2D eigenvalue weighted by Crippen LogP contribution is 2.52. The van der Waals surface area contributed by atoms with E-state index in [4.69, 9.17) is 32.5 Å². The molecule has 8 atom stereocenters. The maximum Gasteiger partial charge on any atom is 0.475 e. The number of phosphoric ester groups is 1. The normalized spacial score (nSPS) is 37.5. The Hall–Kier alpha value is 0.300. The Bertz CT molecular complexity index is 548. The summed E-state index contributed by atoms with van der Waals surface area (Å²) in [6, 6.07) is 0. The molecule has 3 unspecified atom stereocenters. The molecule has 0 radical (unpaired) electrons. The van der Waals surface area contributed by atoms with Crippen LogP contribution in [0.25, 0.3) is 0 Å². The Kier molecular flexibility index (Phi) is 9.92. The highest BCUT2D eigenvalue weighted by atomic mass is 32.1. The molecule has 2 heterocycles. The lowest BCUT2D eigenvalue weighted by atomic mass is 10.1. The van der Waals surface area contributed by atoms with Gasteiger partial charge >= 0.3 is 7.82 Å². The average molecular weight is 457 g/mol. The van der Waals surface area contributed by atoms with E-state index in [1.165, 1.54) is 7.11 Å². The monoisotopic (exact) mass is 456 g/mol. The predicted octanol–water partition coefficient (Wildman–Crippen LogP) is 3.62. The molecular formula is C19H37O8PS. The third-order valence-corrected chi connectivity index (χ3v) is 7.00. The molecule has 2 saturated heterocycles. The number of ether oxygens (including phenoxy) is 4. The fourth-order valence-electron chi connectivity index (χ4n) is 3.47. The highest BCUT2D eigenvalue weighted by Gasteiger charge is 2.47. The molecule has 0 N–H and O–H groups in total. The van der Waals surface area contributed by atoms with Gasteiger partial charge in [0.15, 0.2) is 0 Å². The number of hydrogen-bond donors (Lipinski definition) is 1. The van der Waals surface area contributed by atoms with Crippen molar-refractivity contribution < 1.29 is 37.1 Å². The fourth-order valence-corrected chi connectivity index (χ4v) is 5.04. The van der Waals surface area contributed by atoms with Gasteiger partial charge in [0.2, 0.25) is 0 Å². The molecular weight excluding hydrogens is 419 g/mol. The molecule has 0 saturated carbocycles. The van der Waals surface area contributed by atoms with E-state index in [1.807, 2.05) is 41.5 Å². The number of phosphoric acid groups is 1. The van der Waals surface area contributed by atoms with Crippen LogP contribution in [0.4, 0.5) is 0 Å². The molecule has 0 aromatic heterocycles. The van der Waals surface area contributed by atoms with Crippen LogP contribution in [-0.4, -0.2) is 74.4 Å². The van der Waals surface area contributed by atoms with Crippen molar-refractivity contribution in [2.75, 3.05) is 20.3 Å². The van der Waals surface area contributed by atoms with Crippen LogP contribution in [0.15, 0.2) is 0 Å². The van der Waals surface area contributed by atoms with Gasteiger partial charge in [0.1, 0.15) is 18.3 Å². The maximum absolute atomic E-state index is 13.1. The molecule has 0 spiro atoms. The molecule has 0 aliphatic carbocycles. The first-order chi connectivity index (χ1) is 13.5. The molecule has 2 fully saturated rings. The summed E-state index contributed by atoms with van der Waals surface area (Å²) in [7, 11) is -2.55. The molecule has 10 heteroatoms. The van der Waals surface area contributed by atoms with E-state index in [0.29, 0.717) is 6.61 Å². The first-order valence-electron chi connectivity index (χ1n) is 10.3. The van der Waals surface area contributed by atoms with Crippen molar-refractivity contribution in [3.8, 4) is 0 Å². The highest BCUT2D eigenvalue weighted by molar-refractivity contribution is 7.81. The van der Waals surface area contributed by atoms with E-state index < -0.39 is 20.0 Å². The SMILES string of the molecule is COP(=O)(OC[C@H]1O[C@@H](C)CC1OC(C)C)OC1[C@@H](COC(C)C)O[C@@H](C)[C@H]1S. The summed E-state index contributed by atoms with van der Waals surface area (Å²) in [6.45, 7) is 12.0. The van der Waals surface area contributed by atoms with Crippen molar-refractivity contribution in [1.29, 1.82) is 0 Å². The second-order valence-electron chi connectivity index (χ2n) is 8.19. The van der Waals surface area contributed by atoms with Crippen LogP contribution in [0, 0.1) is 0 Å². The molecule has 0 aromatic carbocycles. The van der Waals surface area contributed by atoms with Crippen molar-refractivity contribution in [3.05, 3.63) is 0 Å². The molecule has 2 aliphatic heterocycles. The second-order valence-corrected chi connectivity index (χ2v) is 10.5. The van der Waals surface area contributed by atoms with Gasteiger partial charge in [-0.1, -0.05) is 0 Å². The molecule has 2 rings (SSSR count). The van der Waals surface area contributed by atoms with E-state index in [9.17, 15) is 4.57 Å². The van der Waals surface area contributed by atoms with E-state index in [2.05, 4.69) is 12.6 Å². The standard InChI is InChI=1S/C19H37O8PS/c1-11(2)22-9-17-18(19(29)14(6)26-17)27-28(20,21-7)23-10-16-15(24-12(3)4)8-13(5)25-16/h11-19,29H,8-10H2,1-7H3/t13-,14-,15?,16+,17+,18?,19+,28?/m0/s1. The molecule has 8 nitrogen and oxygen atoms in total. The van der Waals surface area contributed by atoms with E-state index >= 15 is 0 Å². The van der Waals surface area contributed by atoms with Crippen LogP contribution in [0.1, 0.15) is 48.0 Å². The van der Waals surface area contributed by atoms with Gasteiger partial charge in [0, 0.05) is 13.5 Å².